The van der Waals surface area contributed by atoms with E-state index in [1.54, 1.807) is 0 Å². The second-order valence-electron chi connectivity index (χ2n) is 6.22. The molecule has 0 aromatic rings. The van der Waals surface area contributed by atoms with Crippen molar-refractivity contribution in [2.75, 3.05) is 19.8 Å². The molecule has 2 rings (SSSR count). The van der Waals surface area contributed by atoms with Crippen molar-refractivity contribution in [3.63, 3.8) is 0 Å². The number of carbonyl (C=O) groups excluding carboxylic acids is 1. The van der Waals surface area contributed by atoms with Crippen LogP contribution in [-0.2, 0) is 9.53 Å². The molecule has 1 heterocycles. The van der Waals surface area contributed by atoms with E-state index in [-0.39, 0.29) is 11.9 Å². The van der Waals surface area contributed by atoms with Crippen LogP contribution < -0.4 is 10.6 Å². The summed E-state index contributed by atoms with van der Waals surface area (Å²) < 4.78 is 5.49. The van der Waals surface area contributed by atoms with E-state index in [9.17, 15) is 4.79 Å². The summed E-state index contributed by atoms with van der Waals surface area (Å²) in [5.74, 6) is 0.921. The van der Waals surface area contributed by atoms with E-state index in [0.717, 1.165) is 44.9 Å². The van der Waals surface area contributed by atoms with E-state index in [2.05, 4.69) is 17.6 Å². The van der Waals surface area contributed by atoms with Crippen molar-refractivity contribution < 1.29 is 9.53 Å². The van der Waals surface area contributed by atoms with Gasteiger partial charge in [0.25, 0.3) is 0 Å². The summed E-state index contributed by atoms with van der Waals surface area (Å²) in [6, 6.07) is 0.640. The van der Waals surface area contributed by atoms with Crippen molar-refractivity contribution in [2.24, 2.45) is 5.92 Å². The Kier molecular flexibility index (Phi) is 6.80. The van der Waals surface area contributed by atoms with E-state index in [0.29, 0.717) is 6.04 Å². The van der Waals surface area contributed by atoms with Crippen LogP contribution in [0.15, 0.2) is 0 Å². The Hall–Kier alpha value is -0.610. The fourth-order valence-corrected chi connectivity index (χ4v) is 3.38. The van der Waals surface area contributed by atoms with E-state index >= 15 is 0 Å². The normalized spacial score (nSPS) is 29.1. The van der Waals surface area contributed by atoms with E-state index in [4.69, 9.17) is 4.74 Å². The highest BCUT2D eigenvalue weighted by Gasteiger charge is 2.37. The first-order chi connectivity index (χ1) is 9.81. The minimum atomic E-state index is 0.0455. The van der Waals surface area contributed by atoms with Gasteiger partial charge in [0.05, 0.1) is 6.04 Å². The zero-order valence-corrected chi connectivity index (χ0v) is 12.8. The summed E-state index contributed by atoms with van der Waals surface area (Å²) in [5, 5.41) is 6.56. The summed E-state index contributed by atoms with van der Waals surface area (Å²) in [5.41, 5.74) is 0. The van der Waals surface area contributed by atoms with Crippen LogP contribution in [0.3, 0.4) is 0 Å². The largest absolute Gasteiger partial charge is 0.381 e. The average Bonchev–Trinajstić information content (AvgIpc) is 2.90. The molecular formula is C16H30N2O2. The molecule has 20 heavy (non-hydrogen) atoms. The van der Waals surface area contributed by atoms with E-state index in [1.165, 1.54) is 32.1 Å². The summed E-state index contributed by atoms with van der Waals surface area (Å²) in [4.78, 5) is 12.1. The summed E-state index contributed by atoms with van der Waals surface area (Å²) in [6.07, 6.45) is 9.45. The van der Waals surface area contributed by atoms with Crippen molar-refractivity contribution in [3.05, 3.63) is 0 Å². The minimum absolute atomic E-state index is 0.0455. The van der Waals surface area contributed by atoms with Crippen molar-refractivity contribution >= 4 is 5.91 Å². The highest BCUT2D eigenvalue weighted by atomic mass is 16.5. The molecule has 0 radical (unpaired) electrons. The predicted octanol–water partition coefficient (Wildman–Crippen LogP) is 2.23. The number of amides is 1. The number of carbonyl (C=O) groups is 1. The molecule has 1 aliphatic carbocycles. The van der Waals surface area contributed by atoms with Crippen LogP contribution in [0.4, 0.5) is 0 Å². The molecule has 1 saturated carbocycles. The zero-order valence-electron chi connectivity index (χ0n) is 12.8. The first-order valence-electron chi connectivity index (χ1n) is 8.42. The van der Waals surface area contributed by atoms with Gasteiger partial charge >= 0.3 is 0 Å². The van der Waals surface area contributed by atoms with Gasteiger partial charge in [-0.05, 0) is 38.0 Å². The highest BCUT2D eigenvalue weighted by Crippen LogP contribution is 2.33. The predicted molar refractivity (Wildman–Crippen MR) is 80.6 cm³/mol. The highest BCUT2D eigenvalue weighted by molar-refractivity contribution is 5.82. The minimum Gasteiger partial charge on any atom is -0.381 e. The van der Waals surface area contributed by atoms with Crippen LogP contribution in [0.5, 0.6) is 0 Å². The average molecular weight is 282 g/mol. The molecule has 116 valence electrons. The molecule has 0 aromatic carbocycles. The second-order valence-corrected chi connectivity index (χ2v) is 6.22. The molecule has 0 spiro atoms. The molecule has 2 aliphatic rings. The summed E-state index contributed by atoms with van der Waals surface area (Å²) >= 11 is 0. The van der Waals surface area contributed by atoms with Gasteiger partial charge in [-0.3, -0.25) is 4.79 Å². The van der Waals surface area contributed by atoms with Crippen LogP contribution in [-0.4, -0.2) is 37.7 Å². The fourth-order valence-electron chi connectivity index (χ4n) is 3.38. The third kappa shape index (κ3) is 4.74. The fraction of sp³-hybridized carbons (Fsp3) is 0.938. The second kappa shape index (κ2) is 8.63. The van der Waals surface area contributed by atoms with Crippen LogP contribution in [0.2, 0.25) is 0 Å². The number of fused-ring (bicyclic) bond motifs is 1. The maximum absolute atomic E-state index is 12.1. The topological polar surface area (TPSA) is 50.4 Å². The van der Waals surface area contributed by atoms with Crippen molar-refractivity contribution in [1.82, 2.24) is 10.6 Å². The van der Waals surface area contributed by atoms with Gasteiger partial charge in [-0.1, -0.05) is 26.2 Å². The Morgan fingerprint density at radius 2 is 2.05 bits per heavy atom. The SMILES string of the molecule is CCCCOCCCNC(=O)C1CC2CCCCC2N1. The third-order valence-corrected chi connectivity index (χ3v) is 4.59. The van der Waals surface area contributed by atoms with Crippen molar-refractivity contribution in [2.45, 2.75) is 70.4 Å². The number of nitrogens with one attached hydrogen (secondary N) is 2. The van der Waals surface area contributed by atoms with Gasteiger partial charge in [-0.15, -0.1) is 0 Å². The van der Waals surface area contributed by atoms with Crippen molar-refractivity contribution in [1.29, 1.82) is 0 Å². The Bertz CT molecular complexity index is 282. The van der Waals surface area contributed by atoms with Gasteiger partial charge in [0.2, 0.25) is 5.91 Å². The lowest BCUT2D eigenvalue weighted by molar-refractivity contribution is -0.122. The lowest BCUT2D eigenvalue weighted by atomic mass is 9.85. The van der Waals surface area contributed by atoms with Gasteiger partial charge < -0.3 is 15.4 Å². The lowest BCUT2D eigenvalue weighted by Crippen LogP contribution is -2.43. The molecule has 4 nitrogen and oxygen atoms in total. The van der Waals surface area contributed by atoms with Gasteiger partial charge in [0.1, 0.15) is 0 Å². The number of unbranched alkanes of at least 4 members (excludes halogenated alkanes) is 1. The molecule has 1 aliphatic heterocycles. The lowest BCUT2D eigenvalue weighted by Gasteiger charge is -2.24. The first kappa shape index (κ1) is 15.8. The maximum Gasteiger partial charge on any atom is 0.237 e. The number of hydrogen-bond donors (Lipinski definition) is 2. The van der Waals surface area contributed by atoms with Crippen LogP contribution in [0, 0.1) is 5.92 Å². The standard InChI is InChI=1S/C16H30N2O2/c1-2-3-10-20-11-6-9-17-16(19)15-12-13-7-4-5-8-14(13)18-15/h13-15,18H,2-12H2,1H3,(H,17,19). The smallest absolute Gasteiger partial charge is 0.237 e. The van der Waals surface area contributed by atoms with Crippen LogP contribution in [0.25, 0.3) is 0 Å². The Morgan fingerprint density at radius 3 is 2.85 bits per heavy atom. The van der Waals surface area contributed by atoms with E-state index < -0.39 is 0 Å². The van der Waals surface area contributed by atoms with Crippen LogP contribution >= 0.6 is 0 Å². The Labute approximate surface area is 123 Å². The molecule has 4 heteroatoms. The number of ether oxygens (including phenoxy) is 1. The Morgan fingerprint density at radius 1 is 1.25 bits per heavy atom. The van der Waals surface area contributed by atoms with Gasteiger partial charge in [-0.2, -0.15) is 0 Å². The third-order valence-electron chi connectivity index (χ3n) is 4.59. The molecule has 0 aromatic heterocycles. The van der Waals surface area contributed by atoms with Gasteiger partial charge in [-0.25, -0.2) is 0 Å². The molecule has 3 atom stereocenters. The van der Waals surface area contributed by atoms with Gasteiger partial charge in [0.15, 0.2) is 0 Å². The molecule has 1 amide bonds. The molecule has 0 bridgehead atoms. The molecule has 1 saturated heterocycles. The van der Waals surface area contributed by atoms with Crippen LogP contribution in [0.1, 0.15) is 58.3 Å². The maximum atomic E-state index is 12.1. The van der Waals surface area contributed by atoms with Gasteiger partial charge in [0, 0.05) is 25.8 Å². The molecule has 3 unspecified atom stereocenters. The first-order valence-corrected chi connectivity index (χ1v) is 8.42. The zero-order chi connectivity index (χ0) is 14.2. The van der Waals surface area contributed by atoms with Crippen molar-refractivity contribution in [3.8, 4) is 0 Å². The monoisotopic (exact) mass is 282 g/mol. The summed E-state index contributed by atoms with van der Waals surface area (Å²) in [7, 11) is 0. The molecule has 2 fully saturated rings. The molecular weight excluding hydrogens is 252 g/mol. The number of rotatable bonds is 8. The quantitative estimate of drug-likeness (QED) is 0.671. The summed E-state index contributed by atoms with van der Waals surface area (Å²) in [6.45, 7) is 4.50. The molecule has 2 N–H and O–H groups in total. The Balaban J connectivity index is 1.54. The number of hydrogen-bond acceptors (Lipinski definition) is 3. The van der Waals surface area contributed by atoms with E-state index in [1.807, 2.05) is 0 Å².